The molecule has 0 amide bonds. The predicted molar refractivity (Wildman–Crippen MR) is 56.3 cm³/mol. The average molecular weight is 227 g/mol. The van der Waals surface area contributed by atoms with Gasteiger partial charge in [0.05, 0.1) is 4.90 Å². The van der Waals surface area contributed by atoms with Crippen LogP contribution in [0.2, 0.25) is 0 Å². The molecule has 1 aliphatic heterocycles. The summed E-state index contributed by atoms with van der Waals surface area (Å²) in [5, 5.41) is 12.9. The van der Waals surface area contributed by atoms with Crippen molar-refractivity contribution in [2.24, 2.45) is 0 Å². The Morgan fingerprint density at radius 3 is 2.13 bits per heavy atom. The van der Waals surface area contributed by atoms with E-state index in [9.17, 15) is 13.5 Å². The lowest BCUT2D eigenvalue weighted by Gasteiger charge is -2.38. The highest BCUT2D eigenvalue weighted by molar-refractivity contribution is 7.90. The van der Waals surface area contributed by atoms with E-state index in [1.54, 1.807) is 12.1 Å². The largest absolute Gasteiger partial charge is 0.382 e. The predicted octanol–water partition coefficient (Wildman–Crippen LogP) is -0.119. The molecule has 1 aromatic carbocycles. The van der Waals surface area contributed by atoms with Crippen LogP contribution in [0.15, 0.2) is 29.2 Å². The van der Waals surface area contributed by atoms with Crippen molar-refractivity contribution in [3.05, 3.63) is 29.8 Å². The van der Waals surface area contributed by atoms with Crippen molar-refractivity contribution in [1.29, 1.82) is 0 Å². The Morgan fingerprint density at radius 1 is 1.27 bits per heavy atom. The molecule has 2 N–H and O–H groups in total. The Kier molecular flexibility index (Phi) is 2.33. The van der Waals surface area contributed by atoms with Gasteiger partial charge in [-0.15, -0.1) is 0 Å². The molecular formula is C10H13NO3S. The van der Waals surface area contributed by atoms with Gasteiger partial charge in [-0.1, -0.05) is 12.1 Å². The van der Waals surface area contributed by atoms with Gasteiger partial charge in [0.2, 0.25) is 0 Å². The molecule has 1 fully saturated rings. The first kappa shape index (κ1) is 10.6. The highest BCUT2D eigenvalue weighted by Gasteiger charge is 2.35. The van der Waals surface area contributed by atoms with Crippen molar-refractivity contribution < 1.29 is 13.5 Å². The Hall–Kier alpha value is -0.910. The van der Waals surface area contributed by atoms with E-state index < -0.39 is 15.4 Å². The molecule has 1 saturated heterocycles. The first-order chi connectivity index (χ1) is 6.92. The number of sulfone groups is 1. The van der Waals surface area contributed by atoms with Gasteiger partial charge in [0.15, 0.2) is 9.84 Å². The summed E-state index contributed by atoms with van der Waals surface area (Å²) < 4.78 is 22.4. The minimum absolute atomic E-state index is 0.280. The van der Waals surface area contributed by atoms with Gasteiger partial charge in [0, 0.05) is 19.3 Å². The fourth-order valence-corrected chi connectivity index (χ4v) is 2.21. The molecule has 1 aromatic rings. The standard InChI is InChI=1S/C10H13NO3S/c1-15(13,14)9-4-2-8(3-5-9)10(12)6-11-7-10/h2-5,11-12H,6-7H2,1H3. The number of hydrogen-bond acceptors (Lipinski definition) is 4. The number of hydrogen-bond donors (Lipinski definition) is 2. The normalized spacial score (nSPS) is 19.6. The summed E-state index contributed by atoms with van der Waals surface area (Å²) in [5.41, 5.74) is -0.0654. The van der Waals surface area contributed by atoms with Crippen LogP contribution in [-0.2, 0) is 15.4 Å². The summed E-state index contributed by atoms with van der Waals surface area (Å²) >= 11 is 0. The third-order valence-electron chi connectivity index (χ3n) is 2.65. The van der Waals surface area contributed by atoms with Crippen molar-refractivity contribution >= 4 is 9.84 Å². The molecule has 0 aliphatic carbocycles. The van der Waals surface area contributed by atoms with Crippen LogP contribution in [-0.4, -0.2) is 32.9 Å². The van der Waals surface area contributed by atoms with Crippen LogP contribution in [0.25, 0.3) is 0 Å². The van der Waals surface area contributed by atoms with E-state index in [2.05, 4.69) is 5.32 Å². The molecule has 15 heavy (non-hydrogen) atoms. The highest BCUT2D eigenvalue weighted by atomic mass is 32.2. The van der Waals surface area contributed by atoms with E-state index in [1.165, 1.54) is 18.4 Å². The van der Waals surface area contributed by atoms with Crippen LogP contribution in [0, 0.1) is 0 Å². The highest BCUT2D eigenvalue weighted by Crippen LogP contribution is 2.25. The first-order valence-electron chi connectivity index (χ1n) is 4.65. The molecular weight excluding hydrogens is 214 g/mol. The number of benzene rings is 1. The van der Waals surface area contributed by atoms with E-state index in [0.29, 0.717) is 13.1 Å². The van der Waals surface area contributed by atoms with Gasteiger partial charge >= 0.3 is 0 Å². The summed E-state index contributed by atoms with van der Waals surface area (Å²) in [6, 6.07) is 6.39. The number of nitrogens with one attached hydrogen (secondary N) is 1. The van der Waals surface area contributed by atoms with Crippen LogP contribution >= 0.6 is 0 Å². The molecule has 82 valence electrons. The number of aliphatic hydroxyl groups is 1. The third kappa shape index (κ3) is 1.90. The molecule has 2 rings (SSSR count). The van der Waals surface area contributed by atoms with E-state index >= 15 is 0 Å². The quantitative estimate of drug-likeness (QED) is 0.739. The van der Waals surface area contributed by atoms with Gasteiger partial charge in [-0.2, -0.15) is 0 Å². The fraction of sp³-hybridized carbons (Fsp3) is 0.400. The fourth-order valence-electron chi connectivity index (χ4n) is 1.58. The zero-order chi connectivity index (χ0) is 11.1. The minimum Gasteiger partial charge on any atom is -0.382 e. The molecule has 0 atom stereocenters. The molecule has 0 saturated carbocycles. The molecule has 0 spiro atoms. The number of rotatable bonds is 2. The van der Waals surface area contributed by atoms with Gasteiger partial charge in [-0.05, 0) is 17.7 Å². The smallest absolute Gasteiger partial charge is 0.175 e. The third-order valence-corrected chi connectivity index (χ3v) is 3.78. The average Bonchev–Trinajstić information content (AvgIpc) is 2.13. The second kappa shape index (κ2) is 3.30. The van der Waals surface area contributed by atoms with E-state index in [-0.39, 0.29) is 4.90 Å². The molecule has 0 radical (unpaired) electrons. The van der Waals surface area contributed by atoms with Crippen molar-refractivity contribution in [2.45, 2.75) is 10.5 Å². The zero-order valence-corrected chi connectivity index (χ0v) is 9.21. The van der Waals surface area contributed by atoms with Crippen molar-refractivity contribution in [2.75, 3.05) is 19.3 Å². The van der Waals surface area contributed by atoms with Crippen molar-refractivity contribution in [3.63, 3.8) is 0 Å². The molecule has 1 heterocycles. The van der Waals surface area contributed by atoms with Crippen molar-refractivity contribution in [3.8, 4) is 0 Å². The maximum atomic E-state index is 11.2. The number of β-amino-alcohol motifs (C(OH)–C–C–N with tert-alkyl or cyclic N) is 1. The summed E-state index contributed by atoms with van der Waals surface area (Å²) in [5.74, 6) is 0. The first-order valence-corrected chi connectivity index (χ1v) is 6.55. The lowest BCUT2D eigenvalue weighted by Crippen LogP contribution is -2.56. The Labute approximate surface area is 88.9 Å². The minimum atomic E-state index is -3.15. The van der Waals surface area contributed by atoms with E-state index in [4.69, 9.17) is 0 Å². The topological polar surface area (TPSA) is 66.4 Å². The van der Waals surface area contributed by atoms with Crippen LogP contribution < -0.4 is 5.32 Å². The molecule has 4 nitrogen and oxygen atoms in total. The summed E-state index contributed by atoms with van der Waals surface area (Å²) in [6.07, 6.45) is 1.17. The molecule has 5 heteroatoms. The van der Waals surface area contributed by atoms with Crippen LogP contribution in [0.3, 0.4) is 0 Å². The molecule has 0 bridgehead atoms. The van der Waals surface area contributed by atoms with Gasteiger partial charge in [-0.25, -0.2) is 8.42 Å². The van der Waals surface area contributed by atoms with Gasteiger partial charge in [0.1, 0.15) is 5.60 Å². The van der Waals surface area contributed by atoms with Gasteiger partial charge in [0.25, 0.3) is 0 Å². The SMILES string of the molecule is CS(=O)(=O)c1ccc(C2(O)CNC2)cc1. The zero-order valence-electron chi connectivity index (χ0n) is 8.40. The van der Waals surface area contributed by atoms with Gasteiger partial charge < -0.3 is 10.4 Å². The second-order valence-corrected chi connectivity index (χ2v) is 5.95. The molecule has 0 unspecified atom stereocenters. The lowest BCUT2D eigenvalue weighted by molar-refractivity contribution is -0.0147. The summed E-state index contributed by atoms with van der Waals surface area (Å²) in [4.78, 5) is 0.280. The molecule has 1 aliphatic rings. The van der Waals surface area contributed by atoms with Crippen LogP contribution in [0.5, 0.6) is 0 Å². The second-order valence-electron chi connectivity index (χ2n) is 3.93. The van der Waals surface area contributed by atoms with E-state index in [0.717, 1.165) is 5.56 Å². The summed E-state index contributed by atoms with van der Waals surface area (Å²) in [7, 11) is -3.15. The van der Waals surface area contributed by atoms with E-state index in [1.807, 2.05) is 0 Å². The van der Waals surface area contributed by atoms with Crippen LogP contribution in [0.1, 0.15) is 5.56 Å². The summed E-state index contributed by atoms with van der Waals surface area (Å²) in [6.45, 7) is 1.04. The van der Waals surface area contributed by atoms with Crippen molar-refractivity contribution in [1.82, 2.24) is 5.32 Å². The Bertz CT molecular complexity index is 460. The van der Waals surface area contributed by atoms with Crippen LogP contribution in [0.4, 0.5) is 0 Å². The van der Waals surface area contributed by atoms with Gasteiger partial charge in [-0.3, -0.25) is 0 Å². The molecule has 0 aromatic heterocycles. The maximum absolute atomic E-state index is 11.2. The Morgan fingerprint density at radius 2 is 1.80 bits per heavy atom. The Balaban J connectivity index is 2.32. The lowest BCUT2D eigenvalue weighted by atomic mass is 9.88. The monoisotopic (exact) mass is 227 g/mol. The maximum Gasteiger partial charge on any atom is 0.175 e.